The summed E-state index contributed by atoms with van der Waals surface area (Å²) in [5, 5.41) is 5.27. The van der Waals surface area contributed by atoms with E-state index in [2.05, 4.69) is 10.6 Å². The minimum Gasteiger partial charge on any atom is -0.452 e. The molecule has 0 saturated heterocycles. The summed E-state index contributed by atoms with van der Waals surface area (Å²) in [6, 6.07) is 13.9. The molecule has 2 amide bonds. The first-order chi connectivity index (χ1) is 13.6. The maximum Gasteiger partial charge on any atom is 0.412 e. The Balaban J connectivity index is 1.85. The summed E-state index contributed by atoms with van der Waals surface area (Å²) in [7, 11) is 0. The van der Waals surface area contributed by atoms with Gasteiger partial charge in [0.1, 0.15) is 5.60 Å². The molecule has 0 atom stereocenters. The van der Waals surface area contributed by atoms with Crippen molar-refractivity contribution in [3.63, 3.8) is 0 Å². The van der Waals surface area contributed by atoms with Gasteiger partial charge in [0.05, 0.1) is 5.56 Å². The molecule has 2 aromatic rings. The highest BCUT2D eigenvalue weighted by Gasteiger charge is 2.17. The van der Waals surface area contributed by atoms with Crippen LogP contribution in [0.3, 0.4) is 0 Å². The van der Waals surface area contributed by atoms with Gasteiger partial charge >= 0.3 is 12.1 Å². The topological polar surface area (TPSA) is 93.7 Å². The van der Waals surface area contributed by atoms with E-state index in [4.69, 9.17) is 9.47 Å². The van der Waals surface area contributed by atoms with Crippen molar-refractivity contribution in [1.29, 1.82) is 0 Å². The van der Waals surface area contributed by atoms with Gasteiger partial charge in [0.2, 0.25) is 0 Å². The van der Waals surface area contributed by atoms with Crippen molar-refractivity contribution >= 4 is 23.7 Å². The molecule has 0 heterocycles. The minimum absolute atomic E-state index is 0.213. The number of benzene rings is 2. The lowest BCUT2D eigenvalue weighted by Gasteiger charge is -2.19. The average molecular weight is 398 g/mol. The van der Waals surface area contributed by atoms with Crippen LogP contribution in [-0.4, -0.2) is 30.2 Å². The molecule has 7 heteroatoms. The monoisotopic (exact) mass is 398 g/mol. The predicted octanol–water partition coefficient (Wildman–Crippen LogP) is 3.82. The molecule has 0 unspecified atom stereocenters. The Bertz CT molecular complexity index is 887. The molecule has 2 rings (SSSR count). The molecule has 0 radical (unpaired) electrons. The van der Waals surface area contributed by atoms with Crippen LogP contribution >= 0.6 is 0 Å². The predicted molar refractivity (Wildman–Crippen MR) is 110 cm³/mol. The fraction of sp³-hybridized carbons (Fsp3) is 0.318. The summed E-state index contributed by atoms with van der Waals surface area (Å²) >= 11 is 0. The summed E-state index contributed by atoms with van der Waals surface area (Å²) in [6.07, 6.45) is -0.626. The number of carbonyl (C=O) groups is 3. The number of hydrogen-bond donors (Lipinski definition) is 2. The molecule has 0 aliphatic carbocycles. The molecule has 29 heavy (non-hydrogen) atoms. The quantitative estimate of drug-likeness (QED) is 0.722. The highest BCUT2D eigenvalue weighted by Crippen LogP contribution is 2.14. The summed E-state index contributed by atoms with van der Waals surface area (Å²) in [6.45, 7) is 7.19. The molecular formula is C22H26N2O5. The zero-order valence-corrected chi connectivity index (χ0v) is 17.1. The number of rotatable bonds is 6. The van der Waals surface area contributed by atoms with E-state index in [1.54, 1.807) is 32.9 Å². The second-order valence-corrected chi connectivity index (χ2v) is 7.49. The third-order valence-corrected chi connectivity index (χ3v) is 3.82. The molecule has 0 aliphatic rings. The molecule has 0 saturated carbocycles. The molecule has 154 valence electrons. The van der Waals surface area contributed by atoms with Gasteiger partial charge < -0.3 is 14.8 Å². The average Bonchev–Trinajstić information content (AvgIpc) is 2.64. The standard InChI is InChI=1S/C22H26N2O5/c1-15-8-5-6-9-17(15)13-23-19(25)14-28-20(26)16-10-7-11-18(12-16)24-21(27)29-22(2,3)4/h5-12H,13-14H2,1-4H3,(H,23,25)(H,24,27). The van der Waals surface area contributed by atoms with Gasteiger partial charge in [-0.05, 0) is 57.0 Å². The van der Waals surface area contributed by atoms with Crippen molar-refractivity contribution in [2.24, 2.45) is 0 Å². The normalized spacial score (nSPS) is 10.8. The summed E-state index contributed by atoms with van der Waals surface area (Å²) < 4.78 is 10.2. The van der Waals surface area contributed by atoms with Gasteiger partial charge in [-0.15, -0.1) is 0 Å². The fourth-order valence-corrected chi connectivity index (χ4v) is 2.41. The zero-order valence-electron chi connectivity index (χ0n) is 17.1. The first kappa shape index (κ1) is 21.9. The number of nitrogens with one attached hydrogen (secondary N) is 2. The Morgan fingerprint density at radius 2 is 1.72 bits per heavy atom. The van der Waals surface area contributed by atoms with Gasteiger partial charge in [-0.1, -0.05) is 30.3 Å². The highest BCUT2D eigenvalue weighted by molar-refractivity contribution is 5.93. The van der Waals surface area contributed by atoms with Crippen LogP contribution in [0.5, 0.6) is 0 Å². The lowest BCUT2D eigenvalue weighted by Crippen LogP contribution is -2.28. The first-order valence-electron chi connectivity index (χ1n) is 9.22. The van der Waals surface area contributed by atoms with Crippen molar-refractivity contribution in [3.05, 3.63) is 65.2 Å². The summed E-state index contributed by atoms with van der Waals surface area (Å²) in [5.41, 5.74) is 2.03. The number of aryl methyl sites for hydroxylation is 1. The van der Waals surface area contributed by atoms with E-state index in [9.17, 15) is 14.4 Å². The van der Waals surface area contributed by atoms with Crippen LogP contribution in [0.4, 0.5) is 10.5 Å². The van der Waals surface area contributed by atoms with Crippen LogP contribution in [0, 0.1) is 6.92 Å². The third kappa shape index (κ3) is 7.65. The Hall–Kier alpha value is -3.35. The molecule has 0 aromatic heterocycles. The lowest BCUT2D eigenvalue weighted by molar-refractivity contribution is -0.124. The van der Waals surface area contributed by atoms with Crippen molar-refractivity contribution in [2.45, 2.75) is 39.8 Å². The van der Waals surface area contributed by atoms with E-state index in [0.717, 1.165) is 11.1 Å². The van der Waals surface area contributed by atoms with Gasteiger partial charge in [0, 0.05) is 12.2 Å². The van der Waals surface area contributed by atoms with E-state index in [1.807, 2.05) is 31.2 Å². The number of esters is 1. The van der Waals surface area contributed by atoms with Gasteiger partial charge in [-0.3, -0.25) is 10.1 Å². The minimum atomic E-state index is -0.663. The van der Waals surface area contributed by atoms with Gasteiger partial charge in [0.25, 0.3) is 5.91 Å². The van der Waals surface area contributed by atoms with E-state index >= 15 is 0 Å². The number of amides is 2. The van der Waals surface area contributed by atoms with Crippen molar-refractivity contribution in [1.82, 2.24) is 5.32 Å². The highest BCUT2D eigenvalue weighted by atomic mass is 16.6. The van der Waals surface area contributed by atoms with Crippen LogP contribution in [-0.2, 0) is 20.8 Å². The third-order valence-electron chi connectivity index (χ3n) is 3.82. The van der Waals surface area contributed by atoms with Crippen molar-refractivity contribution < 1.29 is 23.9 Å². The van der Waals surface area contributed by atoms with Gasteiger partial charge in [0.15, 0.2) is 6.61 Å². The maximum atomic E-state index is 12.2. The second-order valence-electron chi connectivity index (χ2n) is 7.49. The Morgan fingerprint density at radius 3 is 2.41 bits per heavy atom. The summed E-state index contributed by atoms with van der Waals surface area (Å²) in [4.78, 5) is 36.0. The Labute approximate surface area is 170 Å². The van der Waals surface area contributed by atoms with Gasteiger partial charge in [-0.25, -0.2) is 9.59 Å². The van der Waals surface area contributed by atoms with Crippen molar-refractivity contribution in [2.75, 3.05) is 11.9 Å². The first-order valence-corrected chi connectivity index (χ1v) is 9.22. The van der Waals surface area contributed by atoms with Crippen LogP contribution in [0.25, 0.3) is 0 Å². The number of anilines is 1. The molecule has 2 N–H and O–H groups in total. The maximum absolute atomic E-state index is 12.2. The molecule has 7 nitrogen and oxygen atoms in total. The Morgan fingerprint density at radius 1 is 1.00 bits per heavy atom. The smallest absolute Gasteiger partial charge is 0.412 e. The number of carbonyl (C=O) groups excluding carboxylic acids is 3. The molecule has 0 aliphatic heterocycles. The molecule has 2 aromatic carbocycles. The van der Waals surface area contributed by atoms with Crippen LogP contribution < -0.4 is 10.6 Å². The molecular weight excluding hydrogens is 372 g/mol. The van der Waals surface area contributed by atoms with Crippen LogP contribution in [0.1, 0.15) is 42.3 Å². The van der Waals surface area contributed by atoms with Crippen molar-refractivity contribution in [3.8, 4) is 0 Å². The second kappa shape index (κ2) is 9.73. The summed E-state index contributed by atoms with van der Waals surface area (Å²) in [5.74, 6) is -1.06. The van der Waals surface area contributed by atoms with Gasteiger partial charge in [-0.2, -0.15) is 0 Å². The van der Waals surface area contributed by atoms with E-state index in [-0.39, 0.29) is 5.56 Å². The number of hydrogen-bond acceptors (Lipinski definition) is 5. The molecule has 0 bridgehead atoms. The zero-order chi connectivity index (χ0) is 21.4. The number of ether oxygens (including phenoxy) is 2. The fourth-order valence-electron chi connectivity index (χ4n) is 2.41. The molecule has 0 spiro atoms. The van der Waals surface area contributed by atoms with Crippen LogP contribution in [0.2, 0.25) is 0 Å². The van der Waals surface area contributed by atoms with E-state index < -0.39 is 30.2 Å². The Kier molecular flexibility index (Phi) is 7.36. The van der Waals surface area contributed by atoms with E-state index in [0.29, 0.717) is 12.2 Å². The lowest BCUT2D eigenvalue weighted by atomic mass is 10.1. The molecule has 0 fully saturated rings. The van der Waals surface area contributed by atoms with Crippen LogP contribution in [0.15, 0.2) is 48.5 Å². The van der Waals surface area contributed by atoms with E-state index in [1.165, 1.54) is 12.1 Å². The largest absolute Gasteiger partial charge is 0.452 e. The SMILES string of the molecule is Cc1ccccc1CNC(=O)COC(=O)c1cccc(NC(=O)OC(C)(C)C)c1.